The summed E-state index contributed by atoms with van der Waals surface area (Å²) in [5.74, 6) is -0.242. The number of fused-ring (bicyclic) bond motifs is 1. The Morgan fingerprint density at radius 1 is 1.24 bits per heavy atom. The summed E-state index contributed by atoms with van der Waals surface area (Å²) in [6, 6.07) is 11.8. The third-order valence-electron chi connectivity index (χ3n) is 5.29. The number of phenols is 1. The van der Waals surface area contributed by atoms with Gasteiger partial charge in [-0.2, -0.15) is 0 Å². The summed E-state index contributed by atoms with van der Waals surface area (Å²) >= 11 is 4.70. The van der Waals surface area contributed by atoms with E-state index in [4.69, 9.17) is 14.5 Å². The molecule has 4 rings (SSSR count). The molecule has 0 bridgehead atoms. The zero-order chi connectivity index (χ0) is 24.4. The molecule has 2 heterocycles. The van der Waals surface area contributed by atoms with E-state index in [2.05, 4.69) is 15.9 Å². The van der Waals surface area contributed by atoms with Crippen LogP contribution < -0.4 is 19.6 Å². The quantitative estimate of drug-likeness (QED) is 0.479. The number of carbonyl (C=O) groups is 1. The second-order valence-corrected chi connectivity index (χ2v) is 9.42. The van der Waals surface area contributed by atoms with Crippen LogP contribution in [0.15, 0.2) is 62.3 Å². The van der Waals surface area contributed by atoms with Crippen molar-refractivity contribution >= 4 is 45.0 Å². The molecular weight excluding hydrogens is 520 g/mol. The Bertz CT molecular complexity index is 1470. The average Bonchev–Trinajstić information content (AvgIpc) is 3.10. The number of phenolic OH excluding ortho intramolecular Hbond substituents is 1. The number of ether oxygens (including phenoxy) is 2. The monoisotopic (exact) mass is 542 g/mol. The molecule has 176 valence electrons. The summed E-state index contributed by atoms with van der Waals surface area (Å²) in [4.78, 5) is 31.5. The van der Waals surface area contributed by atoms with E-state index in [1.807, 2.05) is 31.2 Å². The number of aromatic hydroxyl groups is 1. The first kappa shape index (κ1) is 24.0. The largest absolute Gasteiger partial charge is 0.504 e. The van der Waals surface area contributed by atoms with Crippen LogP contribution in [0.1, 0.15) is 37.9 Å². The van der Waals surface area contributed by atoms with Gasteiger partial charge in [-0.25, -0.2) is 9.79 Å². The lowest BCUT2D eigenvalue weighted by Gasteiger charge is -2.22. The molecule has 9 heteroatoms. The number of rotatable bonds is 6. The maximum Gasteiger partial charge on any atom is 0.338 e. The van der Waals surface area contributed by atoms with Gasteiger partial charge >= 0.3 is 5.97 Å². The van der Waals surface area contributed by atoms with Crippen LogP contribution in [0.3, 0.4) is 0 Å². The van der Waals surface area contributed by atoms with Crippen LogP contribution in [0.2, 0.25) is 0 Å². The Morgan fingerprint density at radius 2 is 2.03 bits per heavy atom. The molecule has 1 N–H and O–H groups in total. The van der Waals surface area contributed by atoms with Crippen LogP contribution in [-0.4, -0.2) is 28.9 Å². The molecule has 0 spiro atoms. The van der Waals surface area contributed by atoms with Crippen molar-refractivity contribution in [3.8, 4) is 11.5 Å². The fourth-order valence-corrected chi connectivity index (χ4v) is 5.23. The third kappa shape index (κ3) is 4.58. The number of allylic oxidation sites excluding steroid dienone is 1. The number of esters is 1. The predicted octanol–water partition coefficient (Wildman–Crippen LogP) is 3.77. The second kappa shape index (κ2) is 9.99. The summed E-state index contributed by atoms with van der Waals surface area (Å²) in [5, 5.41) is 10.1. The summed E-state index contributed by atoms with van der Waals surface area (Å²) < 4.78 is 13.7. The first-order valence-electron chi connectivity index (χ1n) is 10.7. The van der Waals surface area contributed by atoms with Crippen LogP contribution in [0, 0.1) is 0 Å². The Morgan fingerprint density at radius 3 is 2.74 bits per heavy atom. The van der Waals surface area contributed by atoms with Gasteiger partial charge in [-0.05, 0) is 62.2 Å². The highest BCUT2D eigenvalue weighted by molar-refractivity contribution is 9.10. The third-order valence-corrected chi connectivity index (χ3v) is 6.76. The number of benzene rings is 2. The molecule has 1 aliphatic rings. The van der Waals surface area contributed by atoms with Crippen LogP contribution in [0.5, 0.6) is 11.5 Å². The fraction of sp³-hybridized carbons (Fsp3) is 0.240. The standard InChI is InChI=1S/C25H23BrN2O5S/c1-4-32-19-13-16(9-10-18(19)29)22-21(24(31)33-5-2)14(3)28-23(30)20(34-25(28)27-22)12-15-7-6-8-17(26)11-15/h6-13,22,29H,4-5H2,1-3H3/b20-12-/t22-/m1/s1. The molecule has 1 atom stereocenters. The smallest absolute Gasteiger partial charge is 0.338 e. The molecule has 0 radical (unpaired) electrons. The highest BCUT2D eigenvalue weighted by Gasteiger charge is 2.32. The molecule has 0 unspecified atom stereocenters. The number of halogens is 1. The Kier molecular flexibility index (Phi) is 7.04. The maximum absolute atomic E-state index is 13.3. The molecule has 34 heavy (non-hydrogen) atoms. The SMILES string of the molecule is CCOC(=O)C1=C(C)n2c(s/c(=C\c3cccc(Br)c3)c2=O)=N[C@@H]1c1ccc(O)c(OCC)c1. The summed E-state index contributed by atoms with van der Waals surface area (Å²) in [7, 11) is 0. The topological polar surface area (TPSA) is 90.1 Å². The van der Waals surface area contributed by atoms with E-state index in [1.165, 1.54) is 22.0 Å². The van der Waals surface area contributed by atoms with Crippen molar-refractivity contribution < 1.29 is 19.4 Å². The summed E-state index contributed by atoms with van der Waals surface area (Å²) in [6.45, 7) is 5.83. The first-order chi connectivity index (χ1) is 16.3. The molecule has 3 aromatic rings. The van der Waals surface area contributed by atoms with Crippen LogP contribution in [-0.2, 0) is 9.53 Å². The molecular formula is C25H23BrN2O5S. The molecule has 0 saturated heterocycles. The minimum absolute atomic E-state index is 0.00117. The maximum atomic E-state index is 13.3. The lowest BCUT2D eigenvalue weighted by molar-refractivity contribution is -0.138. The van der Waals surface area contributed by atoms with E-state index >= 15 is 0 Å². The van der Waals surface area contributed by atoms with Gasteiger partial charge in [0.15, 0.2) is 16.3 Å². The zero-order valence-electron chi connectivity index (χ0n) is 18.9. The minimum atomic E-state index is -0.712. The van der Waals surface area contributed by atoms with Crippen molar-refractivity contribution in [3.63, 3.8) is 0 Å². The van der Waals surface area contributed by atoms with E-state index in [0.717, 1.165) is 10.0 Å². The highest BCUT2D eigenvalue weighted by atomic mass is 79.9. The first-order valence-corrected chi connectivity index (χ1v) is 12.4. The number of hydrogen-bond donors (Lipinski definition) is 1. The van der Waals surface area contributed by atoms with Gasteiger partial charge in [-0.1, -0.05) is 45.5 Å². The minimum Gasteiger partial charge on any atom is -0.504 e. The zero-order valence-corrected chi connectivity index (χ0v) is 21.3. The van der Waals surface area contributed by atoms with E-state index in [-0.39, 0.29) is 23.5 Å². The number of aromatic nitrogens is 1. The predicted molar refractivity (Wildman–Crippen MR) is 135 cm³/mol. The fourth-order valence-electron chi connectivity index (χ4n) is 3.78. The molecule has 0 fully saturated rings. The van der Waals surface area contributed by atoms with Gasteiger partial charge in [0.2, 0.25) is 0 Å². The van der Waals surface area contributed by atoms with Crippen molar-refractivity contribution in [2.45, 2.75) is 26.8 Å². The van der Waals surface area contributed by atoms with Gasteiger partial charge in [-0.15, -0.1) is 0 Å². The Hall–Kier alpha value is -3.17. The molecule has 0 saturated carbocycles. The molecule has 0 aliphatic carbocycles. The van der Waals surface area contributed by atoms with E-state index in [0.29, 0.717) is 33.0 Å². The summed E-state index contributed by atoms with van der Waals surface area (Å²) in [6.07, 6.45) is 1.80. The number of hydrogen-bond acceptors (Lipinski definition) is 7. The molecule has 1 aromatic heterocycles. The van der Waals surface area contributed by atoms with Crippen molar-refractivity contribution in [1.82, 2.24) is 4.57 Å². The Balaban J connectivity index is 1.94. The number of thiazole rings is 1. The van der Waals surface area contributed by atoms with Gasteiger partial charge in [0.25, 0.3) is 5.56 Å². The lowest BCUT2D eigenvalue weighted by Crippen LogP contribution is -2.35. The second-order valence-electron chi connectivity index (χ2n) is 7.50. The van der Waals surface area contributed by atoms with Crippen molar-refractivity contribution in [1.29, 1.82) is 0 Å². The number of nitrogens with zero attached hydrogens (tertiary/aromatic N) is 2. The van der Waals surface area contributed by atoms with Gasteiger partial charge in [0.1, 0.15) is 6.04 Å². The summed E-state index contributed by atoms with van der Waals surface area (Å²) in [5.41, 5.74) is 2.01. The van der Waals surface area contributed by atoms with Crippen molar-refractivity contribution in [3.05, 3.63) is 83.3 Å². The highest BCUT2D eigenvalue weighted by Crippen LogP contribution is 2.36. The normalized spacial score (nSPS) is 15.6. The van der Waals surface area contributed by atoms with Crippen LogP contribution >= 0.6 is 27.3 Å². The van der Waals surface area contributed by atoms with Crippen molar-refractivity contribution in [2.75, 3.05) is 13.2 Å². The van der Waals surface area contributed by atoms with Crippen LogP contribution in [0.25, 0.3) is 11.8 Å². The van der Waals surface area contributed by atoms with Crippen molar-refractivity contribution in [2.24, 2.45) is 4.99 Å². The van der Waals surface area contributed by atoms with E-state index in [1.54, 1.807) is 32.1 Å². The average molecular weight is 543 g/mol. The van der Waals surface area contributed by atoms with Gasteiger partial charge in [0.05, 0.1) is 23.3 Å². The number of carbonyl (C=O) groups excluding carboxylic acids is 1. The van der Waals surface area contributed by atoms with E-state index in [9.17, 15) is 14.7 Å². The van der Waals surface area contributed by atoms with Gasteiger partial charge < -0.3 is 14.6 Å². The lowest BCUT2D eigenvalue weighted by atomic mass is 9.96. The molecule has 1 aliphatic heterocycles. The van der Waals surface area contributed by atoms with Gasteiger partial charge in [-0.3, -0.25) is 9.36 Å². The Labute approximate surface area is 208 Å². The van der Waals surface area contributed by atoms with Crippen LogP contribution in [0.4, 0.5) is 0 Å². The molecule has 0 amide bonds. The molecule has 2 aromatic carbocycles. The van der Waals surface area contributed by atoms with Gasteiger partial charge in [0, 0.05) is 10.2 Å². The van der Waals surface area contributed by atoms with E-state index < -0.39 is 12.0 Å². The molecule has 7 nitrogen and oxygen atoms in total.